The topological polar surface area (TPSA) is 152 Å². The second kappa shape index (κ2) is 12.5. The van der Waals surface area contributed by atoms with Crippen LogP contribution in [0.1, 0.15) is 48.8 Å². The monoisotopic (exact) mass is 487 g/mol. The summed E-state index contributed by atoms with van der Waals surface area (Å²) in [5.74, 6) is -0.707. The van der Waals surface area contributed by atoms with Gasteiger partial charge < -0.3 is 30.5 Å². The molecule has 0 aliphatic carbocycles. The van der Waals surface area contributed by atoms with E-state index in [0.717, 1.165) is 18.4 Å². The summed E-state index contributed by atoms with van der Waals surface area (Å²) in [5, 5.41) is 17.6. The molecule has 0 fully saturated rings. The molecule has 2 amide bonds. The molecule has 0 aliphatic rings. The van der Waals surface area contributed by atoms with Crippen molar-refractivity contribution in [2.75, 3.05) is 25.5 Å². The van der Waals surface area contributed by atoms with Gasteiger partial charge in [0.15, 0.2) is 0 Å². The number of nitrogens with one attached hydrogen (secondary N) is 3. The SMILES string of the molecule is COC(=O)[C@H](CNC(=O)OC(C)(C)C)NC(=O)c1cnc(NCCCc2cccc(O)c2)nc1C. The Kier molecular flexibility index (Phi) is 9.80. The van der Waals surface area contributed by atoms with Gasteiger partial charge in [0.05, 0.1) is 24.9 Å². The van der Waals surface area contributed by atoms with Crippen LogP contribution in [0.15, 0.2) is 30.5 Å². The van der Waals surface area contributed by atoms with Crippen LogP contribution < -0.4 is 16.0 Å². The summed E-state index contributed by atoms with van der Waals surface area (Å²) < 4.78 is 9.87. The Morgan fingerprint density at radius 3 is 2.57 bits per heavy atom. The number of aryl methyl sites for hydroxylation is 2. The number of rotatable bonds is 10. The van der Waals surface area contributed by atoms with Gasteiger partial charge in [-0.05, 0) is 58.2 Å². The maximum Gasteiger partial charge on any atom is 0.407 e. The largest absolute Gasteiger partial charge is 0.508 e. The number of aromatic hydroxyl groups is 1. The summed E-state index contributed by atoms with van der Waals surface area (Å²) in [7, 11) is 1.18. The number of alkyl carbamates (subject to hydrolysis) is 1. The van der Waals surface area contributed by atoms with Crippen LogP contribution in [-0.4, -0.2) is 64.9 Å². The second-order valence-electron chi connectivity index (χ2n) is 8.82. The molecule has 1 aromatic heterocycles. The highest BCUT2D eigenvalue weighted by Gasteiger charge is 2.25. The Morgan fingerprint density at radius 1 is 1.20 bits per heavy atom. The lowest BCUT2D eigenvalue weighted by atomic mass is 10.1. The minimum atomic E-state index is -1.13. The maximum absolute atomic E-state index is 12.7. The van der Waals surface area contributed by atoms with E-state index in [4.69, 9.17) is 9.47 Å². The quantitative estimate of drug-likeness (QED) is 0.292. The number of methoxy groups -OCH3 is 1. The molecular weight excluding hydrogens is 454 g/mol. The molecule has 0 bridgehead atoms. The summed E-state index contributed by atoms with van der Waals surface area (Å²) in [6.45, 7) is 7.17. The van der Waals surface area contributed by atoms with Gasteiger partial charge >= 0.3 is 12.1 Å². The van der Waals surface area contributed by atoms with Crippen LogP contribution in [0.3, 0.4) is 0 Å². The lowest BCUT2D eigenvalue weighted by molar-refractivity contribution is -0.142. The number of hydrogen-bond acceptors (Lipinski definition) is 9. The Hall–Kier alpha value is -3.89. The van der Waals surface area contributed by atoms with E-state index in [1.54, 1.807) is 45.9 Å². The molecule has 35 heavy (non-hydrogen) atoms. The molecule has 0 saturated carbocycles. The fourth-order valence-electron chi connectivity index (χ4n) is 3.05. The third kappa shape index (κ3) is 9.48. The number of esters is 1. The number of carbonyl (C=O) groups is 3. The summed E-state index contributed by atoms with van der Waals surface area (Å²) >= 11 is 0. The molecule has 0 unspecified atom stereocenters. The minimum Gasteiger partial charge on any atom is -0.508 e. The van der Waals surface area contributed by atoms with E-state index >= 15 is 0 Å². The highest BCUT2D eigenvalue weighted by Crippen LogP contribution is 2.13. The van der Waals surface area contributed by atoms with Crippen molar-refractivity contribution in [3.63, 3.8) is 0 Å². The van der Waals surface area contributed by atoms with Crippen molar-refractivity contribution in [3.05, 3.63) is 47.3 Å². The molecule has 4 N–H and O–H groups in total. The van der Waals surface area contributed by atoms with Crippen LogP contribution in [-0.2, 0) is 20.7 Å². The molecule has 0 saturated heterocycles. The van der Waals surface area contributed by atoms with Crippen molar-refractivity contribution in [2.45, 2.75) is 52.2 Å². The fourth-order valence-corrected chi connectivity index (χ4v) is 3.05. The third-order valence-corrected chi connectivity index (χ3v) is 4.70. The van der Waals surface area contributed by atoms with Gasteiger partial charge in [-0.3, -0.25) is 4.79 Å². The molecule has 0 radical (unpaired) electrons. The number of phenols is 1. The first kappa shape index (κ1) is 27.4. The molecule has 2 aromatic rings. The molecule has 1 aromatic carbocycles. The summed E-state index contributed by atoms with van der Waals surface area (Å²) in [6, 6.07) is 5.96. The zero-order chi connectivity index (χ0) is 26.0. The number of benzene rings is 1. The zero-order valence-electron chi connectivity index (χ0n) is 20.7. The van der Waals surface area contributed by atoms with Crippen molar-refractivity contribution >= 4 is 23.9 Å². The summed E-state index contributed by atoms with van der Waals surface area (Å²) in [6.07, 6.45) is 2.21. The fraction of sp³-hybridized carbons (Fsp3) is 0.458. The number of ether oxygens (including phenoxy) is 2. The number of phenolic OH excluding ortho intramolecular Hbond substituents is 1. The average molecular weight is 488 g/mol. The van der Waals surface area contributed by atoms with E-state index in [-0.39, 0.29) is 17.9 Å². The van der Waals surface area contributed by atoms with Crippen molar-refractivity contribution < 1.29 is 29.0 Å². The van der Waals surface area contributed by atoms with Gasteiger partial charge in [0, 0.05) is 12.7 Å². The number of anilines is 1. The standard InChI is InChI=1S/C24H33N5O6/c1-15-18(13-26-22(28-15)25-11-7-9-16-8-6-10-17(30)12-16)20(31)29-19(21(32)34-5)14-27-23(33)35-24(2,3)4/h6,8,10,12-13,19,30H,7,9,11,14H2,1-5H3,(H,27,33)(H,29,31)(H,25,26,28)/t19-/m0/s1. The smallest absolute Gasteiger partial charge is 0.407 e. The lowest BCUT2D eigenvalue weighted by Crippen LogP contribution is -2.49. The van der Waals surface area contributed by atoms with E-state index in [0.29, 0.717) is 18.2 Å². The average Bonchev–Trinajstić information content (AvgIpc) is 2.77. The van der Waals surface area contributed by atoms with E-state index in [1.165, 1.54) is 13.3 Å². The number of hydrogen-bond donors (Lipinski definition) is 4. The van der Waals surface area contributed by atoms with Gasteiger partial charge in [0.1, 0.15) is 17.4 Å². The lowest BCUT2D eigenvalue weighted by Gasteiger charge is -2.21. The van der Waals surface area contributed by atoms with E-state index in [9.17, 15) is 19.5 Å². The first-order valence-corrected chi connectivity index (χ1v) is 11.2. The van der Waals surface area contributed by atoms with E-state index < -0.39 is 29.6 Å². The van der Waals surface area contributed by atoms with E-state index in [1.807, 2.05) is 6.07 Å². The van der Waals surface area contributed by atoms with Gasteiger partial charge in [-0.1, -0.05) is 12.1 Å². The molecule has 0 aliphatic heterocycles. The normalized spacial score (nSPS) is 11.8. The van der Waals surface area contributed by atoms with Crippen LogP contribution in [0.5, 0.6) is 5.75 Å². The van der Waals surface area contributed by atoms with Crippen molar-refractivity contribution in [3.8, 4) is 5.75 Å². The number of aromatic nitrogens is 2. The highest BCUT2D eigenvalue weighted by molar-refractivity contribution is 5.97. The molecule has 0 spiro atoms. The van der Waals surface area contributed by atoms with Gasteiger partial charge in [-0.15, -0.1) is 0 Å². The summed E-state index contributed by atoms with van der Waals surface area (Å²) in [4.78, 5) is 45.2. The summed E-state index contributed by atoms with van der Waals surface area (Å²) in [5.41, 5.74) is 0.915. The van der Waals surface area contributed by atoms with Crippen LogP contribution in [0.4, 0.5) is 10.7 Å². The van der Waals surface area contributed by atoms with Gasteiger partial charge in [0.2, 0.25) is 5.95 Å². The molecule has 11 nitrogen and oxygen atoms in total. The van der Waals surface area contributed by atoms with Crippen LogP contribution in [0.2, 0.25) is 0 Å². The Labute approximate surface area is 204 Å². The van der Waals surface area contributed by atoms with Crippen LogP contribution in [0.25, 0.3) is 0 Å². The van der Waals surface area contributed by atoms with Gasteiger partial charge in [-0.2, -0.15) is 0 Å². The predicted octanol–water partition coefficient (Wildman–Crippen LogP) is 2.33. The van der Waals surface area contributed by atoms with Crippen molar-refractivity contribution in [1.29, 1.82) is 0 Å². The van der Waals surface area contributed by atoms with Crippen LogP contribution in [0, 0.1) is 6.92 Å². The molecule has 1 heterocycles. The third-order valence-electron chi connectivity index (χ3n) is 4.70. The number of carbonyl (C=O) groups excluding carboxylic acids is 3. The molecule has 1 atom stereocenters. The minimum absolute atomic E-state index is 0.182. The number of nitrogens with zero attached hydrogens (tertiary/aromatic N) is 2. The van der Waals surface area contributed by atoms with Crippen LogP contribution >= 0.6 is 0 Å². The van der Waals surface area contributed by atoms with Gasteiger partial charge in [0.25, 0.3) is 5.91 Å². The Morgan fingerprint density at radius 2 is 1.94 bits per heavy atom. The Balaban J connectivity index is 1.92. The van der Waals surface area contributed by atoms with Gasteiger partial charge in [-0.25, -0.2) is 19.6 Å². The number of amides is 2. The molecular formula is C24H33N5O6. The second-order valence-corrected chi connectivity index (χ2v) is 8.82. The first-order chi connectivity index (χ1) is 16.5. The maximum atomic E-state index is 12.7. The van der Waals surface area contributed by atoms with Crippen molar-refractivity contribution in [2.24, 2.45) is 0 Å². The highest BCUT2D eigenvalue weighted by atomic mass is 16.6. The predicted molar refractivity (Wildman–Crippen MR) is 129 cm³/mol. The zero-order valence-corrected chi connectivity index (χ0v) is 20.7. The van der Waals surface area contributed by atoms with Crippen molar-refractivity contribution in [1.82, 2.24) is 20.6 Å². The first-order valence-electron chi connectivity index (χ1n) is 11.2. The molecule has 190 valence electrons. The Bertz CT molecular complexity index is 1040. The molecule has 11 heteroatoms. The van der Waals surface area contributed by atoms with E-state index in [2.05, 4.69) is 25.9 Å². The molecule has 2 rings (SSSR count).